The van der Waals surface area contributed by atoms with Gasteiger partial charge in [-0.3, -0.25) is 14.5 Å². The SMILES string of the molecule is Cc1cccc(N(C(=O)C(F)(F)F)C(C(=O)NC2CCCCC2)c2ccco2)c1. The van der Waals surface area contributed by atoms with Crippen LogP contribution in [0.2, 0.25) is 0 Å². The molecule has 1 unspecified atom stereocenters. The van der Waals surface area contributed by atoms with E-state index in [0.29, 0.717) is 10.5 Å². The molecule has 1 N–H and O–H groups in total. The molecule has 3 rings (SSSR count). The van der Waals surface area contributed by atoms with Gasteiger partial charge in [-0.25, -0.2) is 0 Å². The van der Waals surface area contributed by atoms with Crippen molar-refractivity contribution in [2.24, 2.45) is 0 Å². The van der Waals surface area contributed by atoms with Crippen LogP contribution in [0.3, 0.4) is 0 Å². The van der Waals surface area contributed by atoms with Crippen LogP contribution < -0.4 is 10.2 Å². The summed E-state index contributed by atoms with van der Waals surface area (Å²) in [6.45, 7) is 1.70. The summed E-state index contributed by atoms with van der Waals surface area (Å²) in [4.78, 5) is 26.0. The second kappa shape index (κ2) is 8.71. The molecule has 1 heterocycles. The first-order chi connectivity index (χ1) is 13.8. The lowest BCUT2D eigenvalue weighted by molar-refractivity contribution is -0.171. The summed E-state index contributed by atoms with van der Waals surface area (Å²) < 4.78 is 45.6. The molecule has 0 bridgehead atoms. The van der Waals surface area contributed by atoms with Gasteiger partial charge in [-0.2, -0.15) is 13.2 Å². The van der Waals surface area contributed by atoms with E-state index < -0.39 is 24.0 Å². The minimum atomic E-state index is -5.15. The number of alkyl halides is 3. The third kappa shape index (κ3) is 4.99. The van der Waals surface area contributed by atoms with Crippen LogP contribution in [0.15, 0.2) is 47.1 Å². The summed E-state index contributed by atoms with van der Waals surface area (Å²) in [5, 5.41) is 2.82. The Balaban J connectivity index is 2.02. The Labute approximate surface area is 166 Å². The Kier molecular flexibility index (Phi) is 6.30. The second-order valence-corrected chi connectivity index (χ2v) is 7.27. The zero-order valence-corrected chi connectivity index (χ0v) is 16.0. The predicted octanol–water partition coefficient (Wildman–Crippen LogP) is 4.67. The van der Waals surface area contributed by atoms with E-state index >= 15 is 0 Å². The van der Waals surface area contributed by atoms with E-state index in [9.17, 15) is 22.8 Å². The summed E-state index contributed by atoms with van der Waals surface area (Å²) in [5.74, 6) is -2.84. The van der Waals surface area contributed by atoms with Gasteiger partial charge < -0.3 is 9.73 Å². The highest BCUT2D eigenvalue weighted by Gasteiger charge is 2.48. The molecular weight excluding hydrogens is 385 g/mol. The number of amides is 2. The van der Waals surface area contributed by atoms with Gasteiger partial charge in [-0.05, 0) is 49.6 Å². The first kappa shape index (κ1) is 21.0. The highest BCUT2D eigenvalue weighted by atomic mass is 19.4. The van der Waals surface area contributed by atoms with Crippen LogP contribution in [0.5, 0.6) is 0 Å². The maximum absolute atomic E-state index is 13.5. The molecule has 0 saturated heterocycles. The summed E-state index contributed by atoms with van der Waals surface area (Å²) in [6, 6.07) is 7.23. The fraction of sp³-hybridized carbons (Fsp3) is 0.429. The second-order valence-electron chi connectivity index (χ2n) is 7.27. The fourth-order valence-electron chi connectivity index (χ4n) is 3.65. The number of aryl methyl sites for hydroxylation is 1. The predicted molar refractivity (Wildman–Crippen MR) is 101 cm³/mol. The van der Waals surface area contributed by atoms with Crippen LogP contribution in [0.4, 0.5) is 18.9 Å². The van der Waals surface area contributed by atoms with Gasteiger partial charge in [-0.1, -0.05) is 31.4 Å². The summed E-state index contributed by atoms with van der Waals surface area (Å²) >= 11 is 0. The van der Waals surface area contributed by atoms with E-state index in [1.54, 1.807) is 19.1 Å². The van der Waals surface area contributed by atoms with Gasteiger partial charge in [0.2, 0.25) is 0 Å². The smallest absolute Gasteiger partial charge is 0.467 e. The highest BCUT2D eigenvalue weighted by molar-refractivity contribution is 6.03. The molecule has 2 aromatic rings. The first-order valence-corrected chi connectivity index (χ1v) is 9.58. The molecule has 1 aliphatic carbocycles. The molecule has 0 aliphatic heterocycles. The maximum atomic E-state index is 13.5. The van der Waals surface area contributed by atoms with E-state index in [1.807, 2.05) is 0 Å². The van der Waals surface area contributed by atoms with Gasteiger partial charge in [0.05, 0.1) is 6.26 Å². The Morgan fingerprint density at radius 2 is 1.86 bits per heavy atom. The molecular formula is C21H23F3N2O3. The zero-order chi connectivity index (χ0) is 21.0. The lowest BCUT2D eigenvalue weighted by atomic mass is 9.95. The summed E-state index contributed by atoms with van der Waals surface area (Å²) in [6.07, 6.45) is 0.583. The van der Waals surface area contributed by atoms with Crippen LogP contribution >= 0.6 is 0 Å². The van der Waals surface area contributed by atoms with Crippen molar-refractivity contribution in [3.8, 4) is 0 Å². The average molecular weight is 408 g/mol. The normalized spacial score (nSPS) is 16.3. The number of nitrogens with zero attached hydrogens (tertiary/aromatic N) is 1. The monoisotopic (exact) mass is 408 g/mol. The molecule has 8 heteroatoms. The van der Waals surface area contributed by atoms with Crippen molar-refractivity contribution < 1.29 is 27.2 Å². The molecule has 1 aliphatic rings. The van der Waals surface area contributed by atoms with Gasteiger partial charge in [0.25, 0.3) is 5.91 Å². The molecule has 1 aromatic carbocycles. The lowest BCUT2D eigenvalue weighted by Gasteiger charge is -2.32. The first-order valence-electron chi connectivity index (χ1n) is 9.58. The van der Waals surface area contributed by atoms with E-state index in [-0.39, 0.29) is 17.5 Å². The van der Waals surface area contributed by atoms with Crippen molar-refractivity contribution in [2.45, 2.75) is 57.3 Å². The van der Waals surface area contributed by atoms with Crippen LogP contribution in [-0.2, 0) is 9.59 Å². The molecule has 1 atom stereocenters. The Morgan fingerprint density at radius 3 is 2.45 bits per heavy atom. The largest absolute Gasteiger partial charge is 0.471 e. The Bertz CT molecular complexity index is 843. The molecule has 1 fully saturated rings. The van der Waals surface area contributed by atoms with Crippen molar-refractivity contribution in [3.63, 3.8) is 0 Å². The van der Waals surface area contributed by atoms with Gasteiger partial charge >= 0.3 is 12.1 Å². The number of benzene rings is 1. The third-order valence-corrected chi connectivity index (χ3v) is 5.01. The van der Waals surface area contributed by atoms with E-state index in [4.69, 9.17) is 4.42 Å². The minimum absolute atomic E-state index is 0.0208. The molecule has 0 spiro atoms. The van der Waals surface area contributed by atoms with Crippen molar-refractivity contribution in [1.29, 1.82) is 0 Å². The number of carbonyl (C=O) groups excluding carboxylic acids is 2. The summed E-state index contributed by atoms with van der Waals surface area (Å²) in [5.41, 5.74) is 0.640. The van der Waals surface area contributed by atoms with E-state index in [1.165, 1.54) is 30.5 Å². The molecule has 1 saturated carbocycles. The van der Waals surface area contributed by atoms with E-state index in [2.05, 4.69) is 5.32 Å². The van der Waals surface area contributed by atoms with Crippen molar-refractivity contribution in [3.05, 3.63) is 54.0 Å². The number of nitrogens with one attached hydrogen (secondary N) is 1. The van der Waals surface area contributed by atoms with Gasteiger partial charge in [0.15, 0.2) is 6.04 Å². The topological polar surface area (TPSA) is 62.6 Å². The van der Waals surface area contributed by atoms with Gasteiger partial charge in [0, 0.05) is 11.7 Å². The lowest BCUT2D eigenvalue weighted by Crippen LogP contribution is -2.50. The van der Waals surface area contributed by atoms with E-state index in [0.717, 1.165) is 32.1 Å². The van der Waals surface area contributed by atoms with Crippen LogP contribution in [0.1, 0.15) is 49.5 Å². The number of rotatable bonds is 5. The number of halogens is 3. The van der Waals surface area contributed by atoms with Crippen LogP contribution in [0, 0.1) is 6.92 Å². The average Bonchev–Trinajstić information content (AvgIpc) is 3.19. The minimum Gasteiger partial charge on any atom is -0.467 e. The van der Waals surface area contributed by atoms with Crippen molar-refractivity contribution in [2.75, 3.05) is 4.90 Å². The molecule has 156 valence electrons. The number of furan rings is 1. The number of hydrogen-bond donors (Lipinski definition) is 1. The fourth-order valence-corrected chi connectivity index (χ4v) is 3.65. The number of carbonyl (C=O) groups is 2. The molecule has 5 nitrogen and oxygen atoms in total. The molecule has 0 radical (unpaired) electrons. The summed E-state index contributed by atoms with van der Waals surface area (Å²) in [7, 11) is 0. The molecule has 1 aromatic heterocycles. The Morgan fingerprint density at radius 1 is 1.14 bits per heavy atom. The standard InChI is InChI=1S/C21H23F3N2O3/c1-14-7-5-10-16(13-14)26(20(28)21(22,23)24)18(17-11-6-12-29-17)19(27)25-15-8-3-2-4-9-15/h5-7,10-13,15,18H,2-4,8-9H2,1H3,(H,25,27). The van der Waals surface area contributed by atoms with Crippen molar-refractivity contribution >= 4 is 17.5 Å². The Hall–Kier alpha value is -2.77. The number of anilines is 1. The van der Waals surface area contributed by atoms with Crippen molar-refractivity contribution in [1.82, 2.24) is 5.32 Å². The highest BCUT2D eigenvalue weighted by Crippen LogP contribution is 2.33. The third-order valence-electron chi connectivity index (χ3n) is 5.01. The van der Waals surface area contributed by atoms with Crippen LogP contribution in [-0.4, -0.2) is 24.0 Å². The molecule has 29 heavy (non-hydrogen) atoms. The maximum Gasteiger partial charge on any atom is 0.471 e. The number of hydrogen-bond acceptors (Lipinski definition) is 3. The quantitative estimate of drug-likeness (QED) is 0.782. The molecule has 2 amide bonds. The van der Waals surface area contributed by atoms with Gasteiger partial charge in [-0.15, -0.1) is 0 Å². The zero-order valence-electron chi connectivity index (χ0n) is 16.0. The van der Waals surface area contributed by atoms with Gasteiger partial charge in [0.1, 0.15) is 5.76 Å². The van der Waals surface area contributed by atoms with Crippen LogP contribution in [0.25, 0.3) is 0 Å².